The van der Waals surface area contributed by atoms with Crippen molar-refractivity contribution < 1.29 is 9.53 Å². The van der Waals surface area contributed by atoms with Crippen molar-refractivity contribution in [2.24, 2.45) is 0 Å². The number of unbranched alkanes of at least 4 members (excludes halogenated alkanes) is 3. The van der Waals surface area contributed by atoms with E-state index in [4.69, 9.17) is 4.74 Å². The van der Waals surface area contributed by atoms with E-state index in [1.54, 1.807) is 6.92 Å². The number of ether oxygens (including phenoxy) is 1. The molecule has 0 atom stereocenters. The van der Waals surface area contributed by atoms with E-state index in [0.717, 1.165) is 17.3 Å². The minimum Gasteiger partial charge on any atom is -0.463 e. The summed E-state index contributed by atoms with van der Waals surface area (Å²) in [5, 5.41) is 0. The fourth-order valence-corrected chi connectivity index (χ4v) is 1.57. The van der Waals surface area contributed by atoms with Crippen molar-refractivity contribution >= 4 is 21.9 Å². The molecular weight excluding hydrogens is 244 g/mol. The van der Waals surface area contributed by atoms with Crippen molar-refractivity contribution in [1.82, 2.24) is 0 Å². The van der Waals surface area contributed by atoms with Gasteiger partial charge >= 0.3 is 5.97 Å². The number of allylic oxidation sites excluding steroid dienone is 1. The zero-order valence-corrected chi connectivity index (χ0v) is 10.6. The van der Waals surface area contributed by atoms with Gasteiger partial charge in [-0.1, -0.05) is 42.1 Å². The van der Waals surface area contributed by atoms with Crippen LogP contribution in [-0.2, 0) is 9.53 Å². The lowest BCUT2D eigenvalue weighted by Gasteiger charge is -2.00. The van der Waals surface area contributed by atoms with E-state index in [0.29, 0.717) is 6.61 Å². The molecule has 0 saturated carbocycles. The van der Waals surface area contributed by atoms with E-state index < -0.39 is 0 Å². The molecule has 0 N–H and O–H groups in total. The summed E-state index contributed by atoms with van der Waals surface area (Å²) in [4.78, 5) is 11.0. The molecule has 0 heterocycles. The highest BCUT2D eigenvalue weighted by Gasteiger charge is 1.99. The number of rotatable bonds is 7. The van der Waals surface area contributed by atoms with Gasteiger partial charge in [-0.05, 0) is 19.8 Å². The molecule has 0 aromatic heterocycles. The molecule has 0 rings (SSSR count). The van der Waals surface area contributed by atoms with Crippen LogP contribution in [0.3, 0.4) is 0 Å². The van der Waals surface area contributed by atoms with Gasteiger partial charge in [0.25, 0.3) is 0 Å². The van der Waals surface area contributed by atoms with E-state index in [1.165, 1.54) is 25.3 Å². The molecule has 14 heavy (non-hydrogen) atoms. The molecule has 82 valence electrons. The summed E-state index contributed by atoms with van der Waals surface area (Å²) in [6.45, 7) is 4.43. The zero-order valence-electron chi connectivity index (χ0n) is 9.01. The average molecular weight is 263 g/mol. The quantitative estimate of drug-likeness (QED) is 0.396. The topological polar surface area (TPSA) is 26.3 Å². The Morgan fingerprint density at radius 2 is 2.00 bits per heavy atom. The lowest BCUT2D eigenvalue weighted by molar-refractivity contribution is -0.137. The third-order valence-corrected chi connectivity index (χ3v) is 2.46. The van der Waals surface area contributed by atoms with E-state index in [1.807, 2.05) is 0 Å². The van der Waals surface area contributed by atoms with Crippen LogP contribution in [0.1, 0.15) is 46.0 Å². The van der Waals surface area contributed by atoms with Crippen molar-refractivity contribution in [2.75, 3.05) is 6.61 Å². The van der Waals surface area contributed by atoms with Gasteiger partial charge in [-0.15, -0.1) is 0 Å². The van der Waals surface area contributed by atoms with Gasteiger partial charge < -0.3 is 4.74 Å². The molecule has 0 unspecified atom stereocenters. The highest BCUT2D eigenvalue weighted by Crippen LogP contribution is 2.15. The third-order valence-electron chi connectivity index (χ3n) is 1.83. The molecule has 0 aromatic rings. The minimum absolute atomic E-state index is 0.255. The van der Waals surface area contributed by atoms with Gasteiger partial charge in [-0.25, -0.2) is 4.79 Å². The van der Waals surface area contributed by atoms with Crippen LogP contribution >= 0.6 is 15.9 Å². The molecule has 2 nitrogen and oxygen atoms in total. The largest absolute Gasteiger partial charge is 0.463 e. The molecule has 0 aliphatic rings. The molecule has 0 aromatic carbocycles. The SMILES string of the molecule is CCCCCCC(Br)=CC(=O)OCC. The maximum Gasteiger partial charge on any atom is 0.331 e. The smallest absolute Gasteiger partial charge is 0.331 e. The fourth-order valence-electron chi connectivity index (χ4n) is 1.10. The average Bonchev–Trinajstić information content (AvgIpc) is 2.13. The number of carbonyl (C=O) groups excluding carboxylic acids is 1. The van der Waals surface area contributed by atoms with Crippen LogP contribution < -0.4 is 0 Å². The second-order valence-corrected chi connectivity index (χ2v) is 4.17. The summed E-state index contributed by atoms with van der Waals surface area (Å²) in [5.41, 5.74) is 0. The van der Waals surface area contributed by atoms with Gasteiger partial charge in [0, 0.05) is 10.6 Å². The summed E-state index contributed by atoms with van der Waals surface area (Å²) in [7, 11) is 0. The van der Waals surface area contributed by atoms with E-state index in [2.05, 4.69) is 22.9 Å². The van der Waals surface area contributed by atoms with Crippen molar-refractivity contribution in [2.45, 2.75) is 46.0 Å². The lowest BCUT2D eigenvalue weighted by atomic mass is 10.1. The second-order valence-electron chi connectivity index (χ2n) is 3.15. The van der Waals surface area contributed by atoms with E-state index in [9.17, 15) is 4.79 Å². The highest BCUT2D eigenvalue weighted by atomic mass is 79.9. The lowest BCUT2D eigenvalue weighted by Crippen LogP contribution is -1.99. The predicted molar refractivity (Wildman–Crippen MR) is 62.4 cm³/mol. The number of hydrogen-bond donors (Lipinski definition) is 0. The van der Waals surface area contributed by atoms with Crippen LogP contribution in [0.25, 0.3) is 0 Å². The molecule has 0 aliphatic heterocycles. The molecule has 0 amide bonds. The Hall–Kier alpha value is -0.310. The number of hydrogen-bond acceptors (Lipinski definition) is 2. The van der Waals surface area contributed by atoms with Gasteiger partial charge in [0.15, 0.2) is 0 Å². The Morgan fingerprint density at radius 3 is 2.57 bits per heavy atom. The van der Waals surface area contributed by atoms with Crippen LogP contribution in [0, 0.1) is 0 Å². The first-order valence-electron chi connectivity index (χ1n) is 5.23. The standard InChI is InChI=1S/C11H19BrO2/c1-3-5-6-7-8-10(12)9-11(13)14-4-2/h9H,3-8H2,1-2H3. The Bertz CT molecular complexity index is 188. The minimum atomic E-state index is -0.255. The monoisotopic (exact) mass is 262 g/mol. The van der Waals surface area contributed by atoms with Gasteiger partial charge in [0.1, 0.15) is 0 Å². The van der Waals surface area contributed by atoms with Crippen LogP contribution in [0.4, 0.5) is 0 Å². The van der Waals surface area contributed by atoms with Gasteiger partial charge in [0.2, 0.25) is 0 Å². The first-order valence-corrected chi connectivity index (χ1v) is 6.02. The Kier molecular flexibility index (Phi) is 9.05. The normalized spacial score (nSPS) is 11.5. The first kappa shape index (κ1) is 13.7. The molecular formula is C11H19BrO2. The van der Waals surface area contributed by atoms with Crippen LogP contribution in [-0.4, -0.2) is 12.6 Å². The van der Waals surface area contributed by atoms with Crippen LogP contribution in [0.5, 0.6) is 0 Å². The maximum absolute atomic E-state index is 11.0. The van der Waals surface area contributed by atoms with Gasteiger partial charge in [0.05, 0.1) is 6.61 Å². The Balaban J connectivity index is 3.60. The van der Waals surface area contributed by atoms with Crippen molar-refractivity contribution in [3.63, 3.8) is 0 Å². The van der Waals surface area contributed by atoms with Crippen LogP contribution in [0.2, 0.25) is 0 Å². The molecule has 0 radical (unpaired) electrons. The molecule has 3 heteroatoms. The predicted octanol–water partition coefficient (Wildman–Crippen LogP) is 3.80. The van der Waals surface area contributed by atoms with E-state index >= 15 is 0 Å². The maximum atomic E-state index is 11.0. The van der Waals surface area contributed by atoms with Crippen molar-refractivity contribution in [3.05, 3.63) is 10.6 Å². The van der Waals surface area contributed by atoms with Crippen molar-refractivity contribution in [3.8, 4) is 0 Å². The summed E-state index contributed by atoms with van der Waals surface area (Å²) in [5.74, 6) is -0.255. The summed E-state index contributed by atoms with van der Waals surface area (Å²) >= 11 is 3.36. The zero-order chi connectivity index (χ0) is 10.8. The second kappa shape index (κ2) is 9.25. The Morgan fingerprint density at radius 1 is 1.29 bits per heavy atom. The van der Waals surface area contributed by atoms with Gasteiger partial charge in [-0.2, -0.15) is 0 Å². The first-order chi connectivity index (χ1) is 6.70. The highest BCUT2D eigenvalue weighted by molar-refractivity contribution is 9.11. The molecule has 0 aliphatic carbocycles. The fraction of sp³-hybridized carbons (Fsp3) is 0.727. The summed E-state index contributed by atoms with van der Waals surface area (Å²) in [6.07, 6.45) is 7.31. The molecule has 0 bridgehead atoms. The number of carbonyl (C=O) groups is 1. The van der Waals surface area contributed by atoms with Crippen LogP contribution in [0.15, 0.2) is 10.6 Å². The third kappa shape index (κ3) is 8.30. The summed E-state index contributed by atoms with van der Waals surface area (Å²) in [6, 6.07) is 0. The van der Waals surface area contributed by atoms with E-state index in [-0.39, 0.29) is 5.97 Å². The number of halogens is 1. The summed E-state index contributed by atoms with van der Waals surface area (Å²) < 4.78 is 5.73. The number of esters is 1. The van der Waals surface area contributed by atoms with Gasteiger partial charge in [-0.3, -0.25) is 0 Å². The molecule has 0 spiro atoms. The molecule has 0 fully saturated rings. The van der Waals surface area contributed by atoms with Crippen molar-refractivity contribution in [1.29, 1.82) is 0 Å². The Labute approximate surface area is 94.8 Å². The molecule has 0 saturated heterocycles.